The van der Waals surface area contributed by atoms with Gasteiger partial charge in [0, 0.05) is 17.9 Å². The zero-order valence-electron chi connectivity index (χ0n) is 16.3. The molecule has 4 unspecified atom stereocenters. The first-order valence-corrected chi connectivity index (χ1v) is 10.1. The van der Waals surface area contributed by atoms with Crippen LogP contribution in [0, 0.1) is 5.92 Å². The normalized spacial score (nSPS) is 15.0. The fraction of sp³-hybridized carbons (Fsp3) is 0.688. The minimum Gasteiger partial charge on any atom is -0.480 e. The van der Waals surface area contributed by atoms with E-state index >= 15 is 0 Å². The third-order valence-electron chi connectivity index (χ3n) is 3.89. The Kier molecular flexibility index (Phi) is 12.4. The van der Waals surface area contributed by atoms with E-state index in [0.29, 0.717) is 0 Å². The summed E-state index contributed by atoms with van der Waals surface area (Å²) >= 11 is 7.92. The van der Waals surface area contributed by atoms with Gasteiger partial charge in [-0.3, -0.25) is 19.2 Å². The van der Waals surface area contributed by atoms with E-state index in [1.807, 2.05) is 0 Å². The summed E-state index contributed by atoms with van der Waals surface area (Å²) in [6.07, 6.45) is -0.308. The Balaban J connectivity index is 5.24. The molecule has 0 saturated heterocycles. The minimum atomic E-state index is -1.22. The summed E-state index contributed by atoms with van der Waals surface area (Å²) < 4.78 is 0. The average Bonchev–Trinajstić information content (AvgIpc) is 2.65. The zero-order chi connectivity index (χ0) is 22.7. The van der Waals surface area contributed by atoms with Crippen LogP contribution in [0.15, 0.2) is 0 Å². The van der Waals surface area contributed by atoms with Gasteiger partial charge in [0.1, 0.15) is 18.1 Å². The SMILES string of the molecule is CC(C)C(NC(=O)C(CS)NC(=O)C(CCC(N)=O)NC(=O)C(N)CS)C(=O)O. The molecular weight excluding hydrogens is 422 g/mol. The number of thiol groups is 2. The molecule has 0 radical (unpaired) electrons. The third kappa shape index (κ3) is 9.85. The van der Waals surface area contributed by atoms with Gasteiger partial charge in [-0.05, 0) is 12.3 Å². The molecule has 0 aliphatic carbocycles. The molecule has 0 fully saturated rings. The lowest BCUT2D eigenvalue weighted by Gasteiger charge is -2.25. The highest BCUT2D eigenvalue weighted by molar-refractivity contribution is 7.80. The number of primary amides is 1. The van der Waals surface area contributed by atoms with Crippen molar-refractivity contribution in [3.63, 3.8) is 0 Å². The summed E-state index contributed by atoms with van der Waals surface area (Å²) in [7, 11) is 0. The lowest BCUT2D eigenvalue weighted by atomic mass is 10.0. The summed E-state index contributed by atoms with van der Waals surface area (Å²) in [5.74, 6) is -4.57. The van der Waals surface area contributed by atoms with Crippen LogP contribution >= 0.6 is 25.3 Å². The topological polar surface area (TPSA) is 194 Å². The van der Waals surface area contributed by atoms with Crippen molar-refractivity contribution >= 4 is 54.9 Å². The van der Waals surface area contributed by atoms with E-state index in [0.717, 1.165) is 0 Å². The Bertz CT molecular complexity index is 619. The van der Waals surface area contributed by atoms with Crippen LogP contribution in [0.2, 0.25) is 0 Å². The maximum absolute atomic E-state index is 12.6. The monoisotopic (exact) mass is 451 g/mol. The number of hydrogen-bond donors (Lipinski definition) is 8. The van der Waals surface area contributed by atoms with Gasteiger partial charge in [-0.25, -0.2) is 4.79 Å². The molecular formula is C16H29N5O6S2. The second-order valence-corrected chi connectivity index (χ2v) is 7.40. The van der Waals surface area contributed by atoms with Gasteiger partial charge in [-0.2, -0.15) is 25.3 Å². The number of hydrogen-bond acceptors (Lipinski definition) is 8. The summed E-state index contributed by atoms with van der Waals surface area (Å²) in [5, 5.41) is 16.3. The van der Waals surface area contributed by atoms with Gasteiger partial charge in [0.25, 0.3) is 0 Å². The largest absolute Gasteiger partial charge is 0.480 e. The van der Waals surface area contributed by atoms with Crippen molar-refractivity contribution in [2.24, 2.45) is 17.4 Å². The number of nitrogens with one attached hydrogen (secondary N) is 3. The van der Waals surface area contributed by atoms with Crippen molar-refractivity contribution in [1.82, 2.24) is 16.0 Å². The number of rotatable bonds is 13. The number of amides is 4. The van der Waals surface area contributed by atoms with Crippen molar-refractivity contribution in [3.05, 3.63) is 0 Å². The molecule has 0 aliphatic rings. The number of carbonyl (C=O) groups is 5. The molecule has 8 N–H and O–H groups in total. The number of carboxylic acids is 1. The molecule has 0 aromatic carbocycles. The molecule has 11 nitrogen and oxygen atoms in total. The van der Waals surface area contributed by atoms with Gasteiger partial charge in [0.05, 0.1) is 6.04 Å². The van der Waals surface area contributed by atoms with Crippen LogP contribution < -0.4 is 27.4 Å². The lowest BCUT2D eigenvalue weighted by molar-refractivity contribution is -0.143. The van der Waals surface area contributed by atoms with Crippen molar-refractivity contribution < 1.29 is 29.1 Å². The highest BCUT2D eigenvalue weighted by Crippen LogP contribution is 2.04. The predicted octanol–water partition coefficient (Wildman–Crippen LogP) is -2.37. The van der Waals surface area contributed by atoms with E-state index in [4.69, 9.17) is 11.5 Å². The number of nitrogens with two attached hydrogens (primary N) is 2. The Hall–Kier alpha value is -1.99. The molecule has 0 rings (SSSR count). The molecule has 13 heteroatoms. The van der Waals surface area contributed by atoms with E-state index in [2.05, 4.69) is 41.2 Å². The number of carbonyl (C=O) groups excluding carboxylic acids is 4. The van der Waals surface area contributed by atoms with Gasteiger partial charge in [-0.15, -0.1) is 0 Å². The van der Waals surface area contributed by atoms with Crippen LogP contribution in [0.3, 0.4) is 0 Å². The molecule has 0 saturated carbocycles. The average molecular weight is 452 g/mol. The second kappa shape index (κ2) is 13.3. The van der Waals surface area contributed by atoms with E-state index < -0.39 is 59.7 Å². The second-order valence-electron chi connectivity index (χ2n) is 6.67. The van der Waals surface area contributed by atoms with Gasteiger partial charge < -0.3 is 32.5 Å². The minimum absolute atomic E-state index is 0.0312. The van der Waals surface area contributed by atoms with Crippen LogP contribution in [0.1, 0.15) is 26.7 Å². The maximum atomic E-state index is 12.6. The van der Waals surface area contributed by atoms with Crippen LogP contribution in [-0.2, 0) is 24.0 Å². The summed E-state index contributed by atoms with van der Waals surface area (Å²) in [6.45, 7) is 3.24. The van der Waals surface area contributed by atoms with Crippen molar-refractivity contribution in [1.29, 1.82) is 0 Å². The number of carboxylic acid groups (broad SMARTS) is 1. The molecule has 4 amide bonds. The molecule has 0 bridgehead atoms. The molecule has 4 atom stereocenters. The van der Waals surface area contributed by atoms with Crippen molar-refractivity contribution in [2.45, 2.75) is 50.9 Å². The van der Waals surface area contributed by atoms with Gasteiger partial charge in [0.15, 0.2) is 0 Å². The molecule has 0 aliphatic heterocycles. The van der Waals surface area contributed by atoms with Crippen LogP contribution in [0.4, 0.5) is 0 Å². The maximum Gasteiger partial charge on any atom is 0.326 e. The molecule has 0 aromatic heterocycles. The van der Waals surface area contributed by atoms with Crippen LogP contribution in [0.25, 0.3) is 0 Å². The van der Waals surface area contributed by atoms with Crippen LogP contribution in [-0.4, -0.2) is 70.4 Å². The quantitative estimate of drug-likeness (QED) is 0.143. The highest BCUT2D eigenvalue weighted by Gasteiger charge is 2.30. The van der Waals surface area contributed by atoms with Gasteiger partial charge >= 0.3 is 5.97 Å². The van der Waals surface area contributed by atoms with E-state index in [1.54, 1.807) is 13.8 Å². The summed E-state index contributed by atoms with van der Waals surface area (Å²) in [5.41, 5.74) is 10.7. The predicted molar refractivity (Wildman–Crippen MR) is 112 cm³/mol. The highest BCUT2D eigenvalue weighted by atomic mass is 32.1. The molecule has 29 heavy (non-hydrogen) atoms. The Morgan fingerprint density at radius 3 is 1.83 bits per heavy atom. The zero-order valence-corrected chi connectivity index (χ0v) is 18.0. The van der Waals surface area contributed by atoms with Crippen molar-refractivity contribution in [2.75, 3.05) is 11.5 Å². The van der Waals surface area contributed by atoms with E-state index in [9.17, 15) is 29.1 Å². The lowest BCUT2D eigenvalue weighted by Crippen LogP contribution is -2.58. The summed E-state index contributed by atoms with van der Waals surface area (Å²) in [4.78, 5) is 59.2. The Morgan fingerprint density at radius 1 is 0.897 bits per heavy atom. The Labute approximate surface area is 179 Å². The first-order chi connectivity index (χ1) is 13.4. The Morgan fingerprint density at radius 2 is 1.41 bits per heavy atom. The fourth-order valence-electron chi connectivity index (χ4n) is 2.15. The molecule has 0 aromatic rings. The van der Waals surface area contributed by atoms with Crippen LogP contribution in [0.5, 0.6) is 0 Å². The molecule has 0 heterocycles. The standard InChI is InChI=1S/C16H29N5O6S2/c1-7(2)12(16(26)27)21-15(25)10(6-29)20-14(24)9(3-4-11(18)22)19-13(23)8(17)5-28/h7-10,12,28-29H,3-6,17H2,1-2H3,(H2,18,22)(H,19,23)(H,20,24)(H,21,25)(H,26,27). The molecule has 0 spiro atoms. The third-order valence-corrected chi connectivity index (χ3v) is 4.65. The van der Waals surface area contributed by atoms with E-state index in [-0.39, 0.29) is 24.3 Å². The van der Waals surface area contributed by atoms with E-state index in [1.165, 1.54) is 0 Å². The first kappa shape index (κ1) is 27.0. The first-order valence-electron chi connectivity index (χ1n) is 8.84. The smallest absolute Gasteiger partial charge is 0.326 e. The fourth-order valence-corrected chi connectivity index (χ4v) is 2.57. The van der Waals surface area contributed by atoms with Gasteiger partial charge in [0.2, 0.25) is 23.6 Å². The molecule has 166 valence electrons. The van der Waals surface area contributed by atoms with Gasteiger partial charge in [-0.1, -0.05) is 13.8 Å². The summed E-state index contributed by atoms with van der Waals surface area (Å²) in [6, 6.07) is -4.48. The van der Waals surface area contributed by atoms with Crippen molar-refractivity contribution in [3.8, 4) is 0 Å². The number of aliphatic carboxylic acids is 1.